The van der Waals surface area contributed by atoms with E-state index in [4.69, 9.17) is 11.6 Å². The molecule has 20 heavy (non-hydrogen) atoms. The number of rotatable bonds is 7. The van der Waals surface area contributed by atoms with Gasteiger partial charge in [0.05, 0.1) is 6.26 Å². The third-order valence-corrected chi connectivity index (χ3v) is 4.64. The van der Waals surface area contributed by atoms with Gasteiger partial charge >= 0.3 is 0 Å². The Kier molecular flexibility index (Phi) is 6.16. The Morgan fingerprint density at radius 2 is 1.95 bits per heavy atom. The van der Waals surface area contributed by atoms with E-state index >= 15 is 0 Å². The van der Waals surface area contributed by atoms with E-state index in [0.717, 1.165) is 5.56 Å². The molecule has 0 atom stereocenters. The van der Waals surface area contributed by atoms with Gasteiger partial charge in [-0.15, -0.1) is 0 Å². The predicted molar refractivity (Wildman–Crippen MR) is 81.7 cm³/mol. The van der Waals surface area contributed by atoms with Crippen molar-refractivity contribution in [1.29, 1.82) is 0 Å². The van der Waals surface area contributed by atoms with Crippen LogP contribution in [0.2, 0.25) is 5.15 Å². The van der Waals surface area contributed by atoms with Gasteiger partial charge < -0.3 is 5.32 Å². The molecule has 0 unspecified atom stereocenters. The van der Waals surface area contributed by atoms with Crippen LogP contribution in [0.15, 0.2) is 0 Å². The Morgan fingerprint density at radius 1 is 1.30 bits per heavy atom. The fraction of sp³-hybridized carbons (Fsp3) is 0.667. The van der Waals surface area contributed by atoms with Crippen LogP contribution in [0.1, 0.15) is 24.7 Å². The van der Waals surface area contributed by atoms with Gasteiger partial charge in [-0.05, 0) is 20.3 Å². The average Bonchev–Trinajstić information content (AvgIpc) is 2.33. The zero-order chi connectivity index (χ0) is 15.3. The van der Waals surface area contributed by atoms with Crippen molar-refractivity contribution < 1.29 is 8.42 Å². The fourth-order valence-electron chi connectivity index (χ4n) is 1.79. The summed E-state index contributed by atoms with van der Waals surface area (Å²) in [5.74, 6) is 1.30. The molecule has 8 heteroatoms. The van der Waals surface area contributed by atoms with Crippen molar-refractivity contribution in [3.63, 3.8) is 0 Å². The highest BCUT2D eigenvalue weighted by Gasteiger charge is 2.13. The molecule has 1 aromatic rings. The third kappa shape index (κ3) is 4.88. The van der Waals surface area contributed by atoms with Crippen molar-refractivity contribution in [2.24, 2.45) is 0 Å². The first-order chi connectivity index (χ1) is 9.25. The Bertz CT molecular complexity index is 563. The summed E-state index contributed by atoms with van der Waals surface area (Å²) in [6.07, 6.45) is 1.92. The van der Waals surface area contributed by atoms with Crippen LogP contribution in [-0.4, -0.2) is 48.6 Å². The summed E-state index contributed by atoms with van der Waals surface area (Å²) in [7, 11) is -3.12. The normalized spacial score (nSPS) is 11.9. The molecule has 0 amide bonds. The van der Waals surface area contributed by atoms with Crippen molar-refractivity contribution in [2.75, 3.05) is 31.2 Å². The molecule has 0 saturated heterocycles. The number of anilines is 1. The summed E-state index contributed by atoms with van der Waals surface area (Å²) in [4.78, 5) is 8.34. The van der Waals surface area contributed by atoms with Crippen molar-refractivity contribution in [1.82, 2.24) is 14.3 Å². The molecular formula is C12H21ClN4O2S. The SMILES string of the molecule is CCN(CCCNc1nc(C)nc(Cl)c1C)S(C)(=O)=O. The molecule has 0 fully saturated rings. The minimum Gasteiger partial charge on any atom is -0.370 e. The van der Waals surface area contributed by atoms with Crippen LogP contribution < -0.4 is 5.32 Å². The Morgan fingerprint density at radius 3 is 2.50 bits per heavy atom. The van der Waals surface area contributed by atoms with Gasteiger partial charge in [-0.1, -0.05) is 18.5 Å². The van der Waals surface area contributed by atoms with Crippen molar-refractivity contribution >= 4 is 27.4 Å². The van der Waals surface area contributed by atoms with Crippen LogP contribution in [0.5, 0.6) is 0 Å². The quantitative estimate of drug-likeness (QED) is 0.613. The second-order valence-corrected chi connectivity index (χ2v) is 6.91. The number of nitrogens with one attached hydrogen (secondary N) is 1. The molecule has 1 heterocycles. The van der Waals surface area contributed by atoms with Crippen LogP contribution in [0.4, 0.5) is 5.82 Å². The second kappa shape index (κ2) is 7.19. The van der Waals surface area contributed by atoms with Crippen LogP contribution in [0, 0.1) is 13.8 Å². The lowest BCUT2D eigenvalue weighted by Crippen LogP contribution is -2.31. The Hall–Kier alpha value is -0.920. The molecule has 6 nitrogen and oxygen atoms in total. The smallest absolute Gasteiger partial charge is 0.211 e. The van der Waals surface area contributed by atoms with Gasteiger partial charge in [0.2, 0.25) is 10.0 Å². The molecule has 0 bridgehead atoms. The van der Waals surface area contributed by atoms with Crippen molar-refractivity contribution in [3.05, 3.63) is 16.5 Å². The molecule has 1 N–H and O–H groups in total. The first kappa shape index (κ1) is 17.1. The molecule has 0 spiro atoms. The standard InChI is InChI=1S/C12H21ClN4O2S/c1-5-17(20(4,18)19)8-6-7-14-12-9(2)11(13)15-10(3)16-12/h5-8H2,1-4H3,(H,14,15,16). The lowest BCUT2D eigenvalue weighted by Gasteiger charge is -2.18. The molecule has 0 aliphatic carbocycles. The monoisotopic (exact) mass is 320 g/mol. The molecule has 1 rings (SSSR count). The summed E-state index contributed by atoms with van der Waals surface area (Å²) in [6.45, 7) is 7.04. The molecule has 0 aliphatic heterocycles. The number of halogens is 1. The van der Waals surface area contributed by atoms with Crippen LogP contribution in [-0.2, 0) is 10.0 Å². The van der Waals surface area contributed by atoms with E-state index in [0.29, 0.717) is 42.9 Å². The average molecular weight is 321 g/mol. The number of aromatic nitrogens is 2. The van der Waals surface area contributed by atoms with Gasteiger partial charge in [-0.2, -0.15) is 0 Å². The lowest BCUT2D eigenvalue weighted by atomic mass is 10.3. The Labute approximate surface area is 125 Å². The van der Waals surface area contributed by atoms with E-state index in [9.17, 15) is 8.42 Å². The minimum atomic E-state index is -3.12. The van der Waals surface area contributed by atoms with E-state index in [1.165, 1.54) is 10.6 Å². The van der Waals surface area contributed by atoms with E-state index < -0.39 is 10.0 Å². The molecule has 0 aliphatic rings. The first-order valence-electron chi connectivity index (χ1n) is 6.45. The second-order valence-electron chi connectivity index (χ2n) is 4.57. The van der Waals surface area contributed by atoms with Crippen molar-refractivity contribution in [2.45, 2.75) is 27.2 Å². The van der Waals surface area contributed by atoms with Gasteiger partial charge in [0, 0.05) is 25.2 Å². The number of nitrogens with zero attached hydrogens (tertiary/aromatic N) is 3. The van der Waals surface area contributed by atoms with E-state index in [1.807, 2.05) is 13.8 Å². The largest absolute Gasteiger partial charge is 0.370 e. The van der Waals surface area contributed by atoms with Gasteiger partial charge in [-0.3, -0.25) is 0 Å². The highest BCUT2D eigenvalue weighted by atomic mass is 35.5. The highest BCUT2D eigenvalue weighted by Crippen LogP contribution is 2.19. The number of hydrogen-bond donors (Lipinski definition) is 1. The number of aryl methyl sites for hydroxylation is 1. The summed E-state index contributed by atoms with van der Waals surface area (Å²) in [5.41, 5.74) is 0.799. The molecule has 114 valence electrons. The lowest BCUT2D eigenvalue weighted by molar-refractivity contribution is 0.428. The van der Waals surface area contributed by atoms with E-state index in [-0.39, 0.29) is 0 Å². The first-order valence-corrected chi connectivity index (χ1v) is 8.68. The topological polar surface area (TPSA) is 75.2 Å². The third-order valence-electron chi connectivity index (χ3n) is 2.90. The maximum atomic E-state index is 11.4. The number of sulfonamides is 1. The molecule has 0 saturated carbocycles. The predicted octanol–water partition coefficient (Wildman–Crippen LogP) is 1.83. The van der Waals surface area contributed by atoms with Crippen molar-refractivity contribution in [3.8, 4) is 0 Å². The Balaban J connectivity index is 2.54. The van der Waals surface area contributed by atoms with Gasteiger partial charge in [0.15, 0.2) is 0 Å². The van der Waals surface area contributed by atoms with Gasteiger partial charge in [-0.25, -0.2) is 22.7 Å². The van der Waals surface area contributed by atoms with Gasteiger partial charge in [0.1, 0.15) is 16.8 Å². The van der Waals surface area contributed by atoms with Crippen LogP contribution in [0.3, 0.4) is 0 Å². The minimum absolute atomic E-state index is 0.436. The van der Waals surface area contributed by atoms with Crippen LogP contribution >= 0.6 is 11.6 Å². The summed E-state index contributed by atoms with van der Waals surface area (Å²) >= 11 is 5.99. The molecule has 0 aromatic carbocycles. The van der Waals surface area contributed by atoms with Gasteiger partial charge in [0.25, 0.3) is 0 Å². The summed E-state index contributed by atoms with van der Waals surface area (Å²) < 4.78 is 24.3. The fourth-order valence-corrected chi connectivity index (χ4v) is 2.93. The zero-order valence-electron chi connectivity index (χ0n) is 12.3. The maximum Gasteiger partial charge on any atom is 0.211 e. The summed E-state index contributed by atoms with van der Waals surface area (Å²) in [5, 5.41) is 3.60. The van der Waals surface area contributed by atoms with Crippen LogP contribution in [0.25, 0.3) is 0 Å². The highest BCUT2D eigenvalue weighted by molar-refractivity contribution is 7.88. The zero-order valence-corrected chi connectivity index (χ0v) is 13.8. The maximum absolute atomic E-state index is 11.4. The number of hydrogen-bond acceptors (Lipinski definition) is 5. The van der Waals surface area contributed by atoms with E-state index in [2.05, 4.69) is 15.3 Å². The summed E-state index contributed by atoms with van der Waals surface area (Å²) in [6, 6.07) is 0. The molecular weight excluding hydrogens is 300 g/mol. The molecule has 1 aromatic heterocycles. The molecule has 0 radical (unpaired) electrons. The van der Waals surface area contributed by atoms with E-state index in [1.54, 1.807) is 6.92 Å².